The van der Waals surface area contributed by atoms with Gasteiger partial charge in [-0.25, -0.2) is 9.59 Å². The number of hydrogen-bond donors (Lipinski definition) is 1. The third kappa shape index (κ3) is 6.04. The monoisotopic (exact) mass is 277 g/mol. The summed E-state index contributed by atoms with van der Waals surface area (Å²) in [5.41, 5.74) is 0.0929. The molecule has 1 rings (SSSR count). The molecule has 0 bridgehead atoms. The molecule has 0 aliphatic carbocycles. The van der Waals surface area contributed by atoms with Crippen molar-refractivity contribution < 1.29 is 19.1 Å². The average Bonchev–Trinajstić information content (AvgIpc) is 2.35. The first-order chi connectivity index (χ1) is 9.28. The van der Waals surface area contributed by atoms with Gasteiger partial charge in [-0.3, -0.25) is 5.32 Å². The number of esters is 1. The van der Waals surface area contributed by atoms with Gasteiger partial charge >= 0.3 is 12.1 Å². The first-order valence-electron chi connectivity index (χ1n) is 6.18. The number of benzene rings is 1. The maximum absolute atomic E-state index is 11.6. The van der Waals surface area contributed by atoms with Gasteiger partial charge in [-0.05, 0) is 32.9 Å². The van der Waals surface area contributed by atoms with Crippen LogP contribution in [0.3, 0.4) is 0 Å². The molecule has 0 saturated carbocycles. The summed E-state index contributed by atoms with van der Waals surface area (Å²) in [5.74, 6) is -0.579. The van der Waals surface area contributed by atoms with Gasteiger partial charge in [-0.2, -0.15) is 0 Å². The number of para-hydroxylation sites is 1. The predicted octanol–water partition coefficient (Wildman–Crippen LogP) is 3.13. The molecule has 0 unspecified atom stereocenters. The van der Waals surface area contributed by atoms with Crippen LogP contribution in [0.1, 0.15) is 20.8 Å². The molecule has 0 aliphatic rings. The number of amides is 1. The summed E-state index contributed by atoms with van der Waals surface area (Å²) in [6, 6.07) is 8.86. The van der Waals surface area contributed by atoms with Crippen LogP contribution >= 0.6 is 0 Å². The highest BCUT2D eigenvalue weighted by Gasteiger charge is 2.19. The summed E-state index contributed by atoms with van der Waals surface area (Å²) in [7, 11) is 0. The van der Waals surface area contributed by atoms with Crippen molar-refractivity contribution in [2.45, 2.75) is 26.4 Å². The quantitative estimate of drug-likeness (QED) is 0.678. The van der Waals surface area contributed by atoms with Gasteiger partial charge in [0.05, 0.1) is 5.57 Å². The number of nitrogens with one attached hydrogen (secondary N) is 1. The topological polar surface area (TPSA) is 64.6 Å². The van der Waals surface area contributed by atoms with Gasteiger partial charge in [-0.15, -0.1) is 0 Å². The van der Waals surface area contributed by atoms with E-state index in [-0.39, 0.29) is 12.2 Å². The molecule has 5 nitrogen and oxygen atoms in total. The molecule has 0 heterocycles. The third-order valence-corrected chi connectivity index (χ3v) is 2.09. The van der Waals surface area contributed by atoms with E-state index in [9.17, 15) is 9.59 Å². The van der Waals surface area contributed by atoms with Gasteiger partial charge in [0.1, 0.15) is 12.2 Å². The Morgan fingerprint density at radius 2 is 1.80 bits per heavy atom. The molecule has 0 saturated heterocycles. The normalized spacial score (nSPS) is 10.6. The van der Waals surface area contributed by atoms with Gasteiger partial charge in [0.15, 0.2) is 0 Å². The van der Waals surface area contributed by atoms with Crippen molar-refractivity contribution in [2.75, 3.05) is 11.9 Å². The molecule has 0 fully saturated rings. The average molecular weight is 277 g/mol. The van der Waals surface area contributed by atoms with Crippen LogP contribution in [0, 0.1) is 0 Å². The van der Waals surface area contributed by atoms with Crippen molar-refractivity contribution in [3.63, 3.8) is 0 Å². The minimum Gasteiger partial charge on any atom is -0.457 e. The summed E-state index contributed by atoms with van der Waals surface area (Å²) in [6.45, 7) is 8.58. The molecule has 1 aromatic carbocycles. The fourth-order valence-electron chi connectivity index (χ4n) is 1.24. The Kier molecular flexibility index (Phi) is 5.32. The first kappa shape index (κ1) is 15.8. The molecule has 1 amide bonds. The van der Waals surface area contributed by atoms with Crippen LogP contribution in [-0.4, -0.2) is 24.3 Å². The number of rotatable bonds is 4. The van der Waals surface area contributed by atoms with E-state index >= 15 is 0 Å². The zero-order chi connectivity index (χ0) is 15.2. The van der Waals surface area contributed by atoms with E-state index in [2.05, 4.69) is 11.9 Å². The number of hydrogen-bond acceptors (Lipinski definition) is 4. The van der Waals surface area contributed by atoms with Crippen LogP contribution < -0.4 is 5.32 Å². The van der Waals surface area contributed by atoms with Crippen molar-refractivity contribution in [3.05, 3.63) is 42.5 Å². The highest BCUT2D eigenvalue weighted by molar-refractivity contribution is 5.89. The van der Waals surface area contributed by atoms with Crippen molar-refractivity contribution in [1.29, 1.82) is 0 Å². The lowest BCUT2D eigenvalue weighted by molar-refractivity contribution is -0.150. The van der Waals surface area contributed by atoms with E-state index in [1.54, 1.807) is 45.0 Å². The van der Waals surface area contributed by atoms with Crippen LogP contribution in [-0.2, 0) is 14.3 Å². The van der Waals surface area contributed by atoms with Gasteiger partial charge in [0.25, 0.3) is 0 Å². The Bertz CT molecular complexity index is 488. The number of carbonyl (C=O) groups excluding carboxylic acids is 2. The van der Waals surface area contributed by atoms with Crippen molar-refractivity contribution in [3.8, 4) is 0 Å². The number of ether oxygens (including phenoxy) is 2. The van der Waals surface area contributed by atoms with Crippen LogP contribution in [0.4, 0.5) is 10.5 Å². The zero-order valence-electron chi connectivity index (χ0n) is 11.9. The lowest BCUT2D eigenvalue weighted by Gasteiger charge is -2.20. The Labute approximate surface area is 118 Å². The van der Waals surface area contributed by atoms with E-state index in [4.69, 9.17) is 9.47 Å². The predicted molar refractivity (Wildman–Crippen MR) is 76.4 cm³/mol. The minimum atomic E-state index is -0.652. The molecular formula is C15H19NO4. The molecule has 5 heteroatoms. The van der Waals surface area contributed by atoms with E-state index in [0.29, 0.717) is 5.69 Å². The standard InChI is InChI=1S/C15H19NO4/c1-11(13(17)20-15(2,3)4)10-19-14(18)16-12-8-6-5-7-9-12/h5-9H,1,10H2,2-4H3,(H,16,18). The lowest BCUT2D eigenvalue weighted by atomic mass is 10.2. The van der Waals surface area contributed by atoms with Gasteiger partial charge < -0.3 is 9.47 Å². The van der Waals surface area contributed by atoms with Crippen LogP contribution in [0.25, 0.3) is 0 Å². The van der Waals surface area contributed by atoms with Crippen molar-refractivity contribution in [1.82, 2.24) is 0 Å². The van der Waals surface area contributed by atoms with Crippen molar-refractivity contribution in [2.24, 2.45) is 0 Å². The summed E-state index contributed by atoms with van der Waals surface area (Å²) in [6.07, 6.45) is -0.652. The Morgan fingerprint density at radius 1 is 1.20 bits per heavy atom. The van der Waals surface area contributed by atoms with E-state index < -0.39 is 17.7 Å². The molecule has 20 heavy (non-hydrogen) atoms. The summed E-state index contributed by atoms with van der Waals surface area (Å²) in [5, 5.41) is 2.53. The summed E-state index contributed by atoms with van der Waals surface area (Å²) >= 11 is 0. The molecule has 1 N–H and O–H groups in total. The molecule has 0 radical (unpaired) electrons. The molecular weight excluding hydrogens is 258 g/mol. The second kappa shape index (κ2) is 6.75. The van der Waals surface area contributed by atoms with Gasteiger partial charge in [-0.1, -0.05) is 24.8 Å². The third-order valence-electron chi connectivity index (χ3n) is 2.09. The SMILES string of the molecule is C=C(COC(=O)Nc1ccccc1)C(=O)OC(C)(C)C. The summed E-state index contributed by atoms with van der Waals surface area (Å²) in [4.78, 5) is 23.1. The smallest absolute Gasteiger partial charge is 0.411 e. The molecule has 0 atom stereocenters. The molecule has 0 spiro atoms. The van der Waals surface area contributed by atoms with Crippen LogP contribution in [0.15, 0.2) is 42.5 Å². The number of anilines is 1. The second-order valence-electron chi connectivity index (χ2n) is 5.17. The fourth-order valence-corrected chi connectivity index (χ4v) is 1.24. The highest BCUT2D eigenvalue weighted by Crippen LogP contribution is 2.11. The minimum absolute atomic E-state index is 0.0862. The fraction of sp³-hybridized carbons (Fsp3) is 0.333. The Morgan fingerprint density at radius 3 is 2.35 bits per heavy atom. The maximum atomic E-state index is 11.6. The van der Waals surface area contributed by atoms with Crippen molar-refractivity contribution >= 4 is 17.7 Å². The largest absolute Gasteiger partial charge is 0.457 e. The van der Waals surface area contributed by atoms with Gasteiger partial charge in [0.2, 0.25) is 0 Å². The van der Waals surface area contributed by atoms with E-state index in [1.165, 1.54) is 0 Å². The molecule has 0 aliphatic heterocycles. The number of carbonyl (C=O) groups is 2. The van der Waals surface area contributed by atoms with Crippen LogP contribution in [0.2, 0.25) is 0 Å². The van der Waals surface area contributed by atoms with Gasteiger partial charge in [0, 0.05) is 5.69 Å². The Balaban J connectivity index is 2.37. The Hall–Kier alpha value is -2.30. The van der Waals surface area contributed by atoms with E-state index in [0.717, 1.165) is 0 Å². The maximum Gasteiger partial charge on any atom is 0.411 e. The van der Waals surface area contributed by atoms with E-state index in [1.807, 2.05) is 6.07 Å². The molecule has 0 aromatic heterocycles. The molecule has 108 valence electrons. The second-order valence-corrected chi connectivity index (χ2v) is 5.17. The first-order valence-corrected chi connectivity index (χ1v) is 6.18. The zero-order valence-corrected chi connectivity index (χ0v) is 11.9. The molecule has 1 aromatic rings. The summed E-state index contributed by atoms with van der Waals surface area (Å²) < 4.78 is 9.99. The lowest BCUT2D eigenvalue weighted by Crippen LogP contribution is -2.26. The van der Waals surface area contributed by atoms with Crippen LogP contribution in [0.5, 0.6) is 0 Å². The highest BCUT2D eigenvalue weighted by atomic mass is 16.6.